The summed E-state index contributed by atoms with van der Waals surface area (Å²) >= 11 is 0. The molecule has 3 rings (SSSR count). The monoisotopic (exact) mass is 340 g/mol. The van der Waals surface area contributed by atoms with Crippen LogP contribution in [0.5, 0.6) is 0 Å². The molecule has 0 aliphatic carbocycles. The average molecular weight is 340 g/mol. The Balaban J connectivity index is 1.53. The van der Waals surface area contributed by atoms with Crippen LogP contribution < -0.4 is 0 Å². The molecular formula is C18H17FN4O2. The topological polar surface area (TPSA) is 72.1 Å². The summed E-state index contributed by atoms with van der Waals surface area (Å²) in [5, 5.41) is 3.90. The number of rotatable bonds is 6. The molecule has 7 heteroatoms. The highest BCUT2D eigenvalue weighted by molar-refractivity contribution is 5.76. The van der Waals surface area contributed by atoms with E-state index >= 15 is 0 Å². The highest BCUT2D eigenvalue weighted by Crippen LogP contribution is 2.15. The maximum atomic E-state index is 12.9. The number of nitrogens with zero attached hydrogens (tertiary/aromatic N) is 4. The summed E-state index contributed by atoms with van der Waals surface area (Å²) in [7, 11) is 1.71. The molecule has 0 atom stereocenters. The molecule has 0 spiro atoms. The van der Waals surface area contributed by atoms with E-state index in [9.17, 15) is 9.18 Å². The quantitative estimate of drug-likeness (QED) is 0.690. The van der Waals surface area contributed by atoms with Crippen LogP contribution in [0.25, 0.3) is 11.4 Å². The zero-order chi connectivity index (χ0) is 17.6. The second-order valence-electron chi connectivity index (χ2n) is 5.63. The number of hydrogen-bond acceptors (Lipinski definition) is 5. The van der Waals surface area contributed by atoms with Crippen LogP contribution in [-0.2, 0) is 17.8 Å². The first-order chi connectivity index (χ1) is 12.1. The molecule has 0 saturated heterocycles. The molecule has 0 fully saturated rings. The lowest BCUT2D eigenvalue weighted by atomic mass is 10.2. The number of aromatic nitrogens is 3. The molecule has 0 aliphatic heterocycles. The van der Waals surface area contributed by atoms with Crippen LogP contribution >= 0.6 is 0 Å². The molecule has 128 valence electrons. The molecular weight excluding hydrogens is 323 g/mol. The lowest BCUT2D eigenvalue weighted by molar-refractivity contribution is -0.130. The summed E-state index contributed by atoms with van der Waals surface area (Å²) < 4.78 is 18.1. The van der Waals surface area contributed by atoms with E-state index in [1.54, 1.807) is 42.5 Å². The van der Waals surface area contributed by atoms with E-state index in [2.05, 4.69) is 15.1 Å². The van der Waals surface area contributed by atoms with E-state index in [-0.39, 0.29) is 18.1 Å². The van der Waals surface area contributed by atoms with Crippen molar-refractivity contribution in [2.45, 2.75) is 19.4 Å². The lowest BCUT2D eigenvalue weighted by Gasteiger charge is -2.16. The molecule has 1 aromatic carbocycles. The van der Waals surface area contributed by atoms with E-state index in [0.717, 1.165) is 11.1 Å². The molecule has 25 heavy (non-hydrogen) atoms. The Morgan fingerprint density at radius 2 is 2.04 bits per heavy atom. The first-order valence-electron chi connectivity index (χ1n) is 7.83. The summed E-state index contributed by atoms with van der Waals surface area (Å²) in [5.74, 6) is 0.515. The zero-order valence-electron chi connectivity index (χ0n) is 13.7. The number of hydrogen-bond donors (Lipinski definition) is 0. The molecule has 0 unspecified atom stereocenters. The molecule has 0 bridgehead atoms. The maximum Gasteiger partial charge on any atom is 0.227 e. The second kappa shape index (κ2) is 7.65. The van der Waals surface area contributed by atoms with Gasteiger partial charge in [-0.05, 0) is 29.8 Å². The predicted molar refractivity (Wildman–Crippen MR) is 88.7 cm³/mol. The third-order valence-electron chi connectivity index (χ3n) is 3.70. The van der Waals surface area contributed by atoms with Crippen molar-refractivity contribution in [3.8, 4) is 11.4 Å². The van der Waals surface area contributed by atoms with Crippen LogP contribution in [0.1, 0.15) is 17.9 Å². The zero-order valence-corrected chi connectivity index (χ0v) is 13.7. The summed E-state index contributed by atoms with van der Waals surface area (Å²) in [6, 6.07) is 9.72. The summed E-state index contributed by atoms with van der Waals surface area (Å²) in [4.78, 5) is 22.1. The number of benzene rings is 1. The minimum Gasteiger partial charge on any atom is -0.341 e. The minimum atomic E-state index is -0.293. The van der Waals surface area contributed by atoms with Gasteiger partial charge in [0.1, 0.15) is 5.82 Å². The van der Waals surface area contributed by atoms with E-state index < -0.39 is 0 Å². The number of pyridine rings is 1. The third-order valence-corrected chi connectivity index (χ3v) is 3.70. The van der Waals surface area contributed by atoms with Crippen LogP contribution in [0, 0.1) is 5.82 Å². The lowest BCUT2D eigenvalue weighted by Crippen LogP contribution is -2.26. The van der Waals surface area contributed by atoms with Crippen molar-refractivity contribution in [1.29, 1.82) is 0 Å². The largest absolute Gasteiger partial charge is 0.341 e. The van der Waals surface area contributed by atoms with Crippen molar-refractivity contribution in [2.24, 2.45) is 0 Å². The van der Waals surface area contributed by atoms with Crippen molar-refractivity contribution in [2.75, 3.05) is 7.05 Å². The molecule has 2 aromatic heterocycles. The Bertz CT molecular complexity index is 834. The van der Waals surface area contributed by atoms with Crippen molar-refractivity contribution >= 4 is 5.91 Å². The highest BCUT2D eigenvalue weighted by Gasteiger charge is 2.13. The molecule has 1 amide bonds. The van der Waals surface area contributed by atoms with E-state index in [1.165, 1.54) is 12.1 Å². The van der Waals surface area contributed by atoms with E-state index in [4.69, 9.17) is 4.52 Å². The van der Waals surface area contributed by atoms with Gasteiger partial charge >= 0.3 is 0 Å². The van der Waals surface area contributed by atoms with Crippen molar-refractivity contribution in [1.82, 2.24) is 20.0 Å². The van der Waals surface area contributed by atoms with Crippen molar-refractivity contribution in [3.63, 3.8) is 0 Å². The first-order valence-corrected chi connectivity index (χ1v) is 7.83. The van der Waals surface area contributed by atoms with Crippen LogP contribution in [0.15, 0.2) is 53.3 Å². The van der Waals surface area contributed by atoms with Crippen LogP contribution in [0.4, 0.5) is 4.39 Å². The maximum absolute atomic E-state index is 12.9. The summed E-state index contributed by atoms with van der Waals surface area (Å²) in [5.41, 5.74) is 1.63. The van der Waals surface area contributed by atoms with Gasteiger partial charge in [0.2, 0.25) is 17.6 Å². The number of halogens is 1. The van der Waals surface area contributed by atoms with Gasteiger partial charge in [-0.3, -0.25) is 9.78 Å². The van der Waals surface area contributed by atoms with Gasteiger partial charge in [-0.15, -0.1) is 0 Å². The number of carbonyl (C=O) groups excluding carboxylic acids is 1. The predicted octanol–water partition coefficient (Wildman–Crippen LogP) is 2.86. The molecule has 6 nitrogen and oxygen atoms in total. The Morgan fingerprint density at radius 1 is 1.24 bits per heavy atom. The van der Waals surface area contributed by atoms with Crippen molar-refractivity contribution < 1.29 is 13.7 Å². The van der Waals surface area contributed by atoms with Crippen LogP contribution in [-0.4, -0.2) is 33.0 Å². The van der Waals surface area contributed by atoms with Gasteiger partial charge < -0.3 is 9.42 Å². The smallest absolute Gasteiger partial charge is 0.227 e. The van der Waals surface area contributed by atoms with Crippen LogP contribution in [0.3, 0.4) is 0 Å². The van der Waals surface area contributed by atoms with Gasteiger partial charge in [0.25, 0.3) is 0 Å². The average Bonchev–Trinajstić information content (AvgIpc) is 3.11. The third kappa shape index (κ3) is 4.47. The molecule has 0 radical (unpaired) electrons. The Hall–Kier alpha value is -3.09. The number of amides is 1. The Morgan fingerprint density at radius 3 is 2.76 bits per heavy atom. The number of aryl methyl sites for hydroxylation is 1. The van der Waals surface area contributed by atoms with Crippen molar-refractivity contribution in [3.05, 3.63) is 66.1 Å². The first kappa shape index (κ1) is 16.8. The van der Waals surface area contributed by atoms with E-state index in [1.807, 2.05) is 6.07 Å². The van der Waals surface area contributed by atoms with E-state index in [0.29, 0.717) is 24.7 Å². The molecule has 0 N–H and O–H groups in total. The number of carbonyl (C=O) groups is 1. The summed E-state index contributed by atoms with van der Waals surface area (Å²) in [6.07, 6.45) is 3.93. The standard InChI is InChI=1S/C18H17FN4O2/c1-23(12-13-4-6-15(19)7-5-13)17(24)9-8-16-21-18(22-25-16)14-3-2-10-20-11-14/h2-7,10-11H,8-9,12H2,1H3. The van der Waals surface area contributed by atoms with Gasteiger partial charge in [-0.2, -0.15) is 4.98 Å². The molecule has 0 saturated carbocycles. The molecule has 2 heterocycles. The van der Waals surface area contributed by atoms with Gasteiger partial charge in [-0.25, -0.2) is 4.39 Å². The second-order valence-corrected chi connectivity index (χ2v) is 5.63. The van der Waals surface area contributed by atoms with Crippen LogP contribution in [0.2, 0.25) is 0 Å². The molecule has 3 aromatic rings. The van der Waals surface area contributed by atoms with Gasteiger partial charge in [-0.1, -0.05) is 17.3 Å². The highest BCUT2D eigenvalue weighted by atomic mass is 19.1. The normalized spacial score (nSPS) is 10.6. The Labute approximate surface area is 144 Å². The minimum absolute atomic E-state index is 0.0505. The fourth-order valence-corrected chi connectivity index (χ4v) is 2.33. The van der Waals surface area contributed by atoms with Gasteiger partial charge in [0.05, 0.1) is 0 Å². The molecule has 0 aliphatic rings. The SMILES string of the molecule is CN(Cc1ccc(F)cc1)C(=O)CCc1nc(-c2cccnc2)no1. The summed E-state index contributed by atoms with van der Waals surface area (Å²) in [6.45, 7) is 0.421. The van der Waals surface area contributed by atoms with Gasteiger partial charge in [0.15, 0.2) is 0 Å². The fraction of sp³-hybridized carbons (Fsp3) is 0.222. The van der Waals surface area contributed by atoms with Gasteiger partial charge in [0, 0.05) is 44.4 Å². The fourth-order valence-electron chi connectivity index (χ4n) is 2.33. The Kier molecular flexibility index (Phi) is 5.13.